The molecule has 1 aromatic heterocycles. The Morgan fingerprint density at radius 3 is 2.44 bits per heavy atom. The van der Waals surface area contributed by atoms with Gasteiger partial charge in [-0.3, -0.25) is 14.8 Å². The number of aliphatic hydroxyl groups is 1. The topological polar surface area (TPSA) is 48.8 Å². The van der Waals surface area contributed by atoms with Gasteiger partial charge in [0.15, 0.2) is 0 Å². The van der Waals surface area contributed by atoms with Crippen molar-refractivity contribution in [3.8, 4) is 5.75 Å². The summed E-state index contributed by atoms with van der Waals surface area (Å²) in [5.41, 5.74) is 2.32. The van der Waals surface area contributed by atoms with E-state index in [1.807, 2.05) is 49.5 Å². The molecule has 25 heavy (non-hydrogen) atoms. The van der Waals surface area contributed by atoms with Crippen LogP contribution in [-0.2, 0) is 6.54 Å². The average Bonchev–Trinajstić information content (AvgIpc) is 2.64. The Morgan fingerprint density at radius 2 is 1.76 bits per heavy atom. The summed E-state index contributed by atoms with van der Waals surface area (Å²) in [6.45, 7) is 7.87. The quantitative estimate of drug-likeness (QED) is 0.834. The number of ether oxygens (including phenoxy) is 1. The van der Waals surface area contributed by atoms with Crippen LogP contribution in [0.1, 0.15) is 11.3 Å². The van der Waals surface area contributed by atoms with Gasteiger partial charge in [-0.05, 0) is 31.2 Å². The molecule has 1 aromatic carbocycles. The van der Waals surface area contributed by atoms with Crippen LogP contribution in [0.5, 0.6) is 5.75 Å². The van der Waals surface area contributed by atoms with Gasteiger partial charge >= 0.3 is 0 Å². The molecule has 5 nitrogen and oxygen atoms in total. The molecule has 1 N–H and O–H groups in total. The van der Waals surface area contributed by atoms with Crippen LogP contribution in [0.15, 0.2) is 48.7 Å². The zero-order chi connectivity index (χ0) is 17.5. The standard InChI is InChI=1S/C20H27N3O2/c1-17-5-7-20(8-6-17)25-16-19(24)15-23-12-10-22(11-13-23)14-18-4-2-3-9-21-18/h2-9,19,24H,10-16H2,1H3. The van der Waals surface area contributed by atoms with Crippen molar-refractivity contribution < 1.29 is 9.84 Å². The maximum absolute atomic E-state index is 10.2. The van der Waals surface area contributed by atoms with Gasteiger partial charge in [0.2, 0.25) is 0 Å². The molecule has 1 unspecified atom stereocenters. The molecule has 2 aromatic rings. The van der Waals surface area contributed by atoms with Crippen LogP contribution < -0.4 is 4.74 Å². The summed E-state index contributed by atoms with van der Waals surface area (Å²) in [6, 6.07) is 14.0. The highest BCUT2D eigenvalue weighted by molar-refractivity contribution is 5.26. The number of rotatable bonds is 7. The van der Waals surface area contributed by atoms with Gasteiger partial charge in [0.25, 0.3) is 0 Å². The highest BCUT2D eigenvalue weighted by Gasteiger charge is 2.19. The van der Waals surface area contributed by atoms with E-state index in [0.29, 0.717) is 13.2 Å². The fraction of sp³-hybridized carbons (Fsp3) is 0.450. The van der Waals surface area contributed by atoms with Crippen molar-refractivity contribution in [1.82, 2.24) is 14.8 Å². The highest BCUT2D eigenvalue weighted by Crippen LogP contribution is 2.12. The summed E-state index contributed by atoms with van der Waals surface area (Å²) in [7, 11) is 0. The molecule has 1 atom stereocenters. The van der Waals surface area contributed by atoms with Crippen molar-refractivity contribution in [3.63, 3.8) is 0 Å². The monoisotopic (exact) mass is 341 g/mol. The molecule has 134 valence electrons. The Labute approximate surface area is 149 Å². The second-order valence-electron chi connectivity index (χ2n) is 6.68. The van der Waals surface area contributed by atoms with Crippen molar-refractivity contribution in [2.75, 3.05) is 39.3 Å². The average molecular weight is 341 g/mol. The molecular formula is C20H27N3O2. The molecule has 1 saturated heterocycles. The molecule has 2 heterocycles. The first kappa shape index (κ1) is 17.9. The molecular weight excluding hydrogens is 314 g/mol. The van der Waals surface area contributed by atoms with Crippen LogP contribution in [0.3, 0.4) is 0 Å². The zero-order valence-electron chi connectivity index (χ0n) is 14.8. The number of hydrogen-bond acceptors (Lipinski definition) is 5. The minimum atomic E-state index is -0.469. The normalized spacial score (nSPS) is 17.4. The van der Waals surface area contributed by atoms with Gasteiger partial charge in [-0.2, -0.15) is 0 Å². The number of pyridine rings is 1. The van der Waals surface area contributed by atoms with Gasteiger partial charge in [0.1, 0.15) is 18.5 Å². The van der Waals surface area contributed by atoms with Crippen molar-refractivity contribution in [2.24, 2.45) is 0 Å². The number of nitrogens with zero attached hydrogens (tertiary/aromatic N) is 3. The Bertz CT molecular complexity index is 625. The lowest BCUT2D eigenvalue weighted by atomic mass is 10.2. The molecule has 1 aliphatic rings. The summed E-state index contributed by atoms with van der Waals surface area (Å²) in [5.74, 6) is 0.810. The molecule has 0 saturated carbocycles. The first-order valence-electron chi connectivity index (χ1n) is 8.91. The molecule has 1 fully saturated rings. The molecule has 0 aliphatic carbocycles. The third-order valence-electron chi connectivity index (χ3n) is 4.51. The lowest BCUT2D eigenvalue weighted by molar-refractivity contribution is 0.0444. The zero-order valence-corrected chi connectivity index (χ0v) is 14.8. The van der Waals surface area contributed by atoms with Gasteiger partial charge in [-0.1, -0.05) is 23.8 Å². The molecule has 0 bridgehead atoms. The lowest BCUT2D eigenvalue weighted by Crippen LogP contribution is -2.48. The minimum Gasteiger partial charge on any atom is -0.491 e. The van der Waals surface area contributed by atoms with Crippen LogP contribution >= 0.6 is 0 Å². The van der Waals surface area contributed by atoms with E-state index in [1.54, 1.807) is 0 Å². The molecule has 1 aliphatic heterocycles. The number of aliphatic hydroxyl groups excluding tert-OH is 1. The predicted molar refractivity (Wildman–Crippen MR) is 98.6 cm³/mol. The smallest absolute Gasteiger partial charge is 0.119 e. The number of benzene rings is 1. The highest BCUT2D eigenvalue weighted by atomic mass is 16.5. The maximum atomic E-state index is 10.2. The maximum Gasteiger partial charge on any atom is 0.119 e. The van der Waals surface area contributed by atoms with E-state index in [2.05, 4.69) is 20.9 Å². The van der Waals surface area contributed by atoms with Crippen LogP contribution in [0, 0.1) is 6.92 Å². The summed E-state index contributed by atoms with van der Waals surface area (Å²) in [4.78, 5) is 9.10. The third-order valence-corrected chi connectivity index (χ3v) is 4.51. The van der Waals surface area contributed by atoms with Gasteiger partial charge in [0.05, 0.1) is 5.69 Å². The minimum absolute atomic E-state index is 0.331. The number of aromatic nitrogens is 1. The number of aryl methyl sites for hydroxylation is 1. The van der Waals surface area contributed by atoms with Crippen LogP contribution in [0.25, 0.3) is 0 Å². The van der Waals surface area contributed by atoms with E-state index in [0.717, 1.165) is 44.2 Å². The summed E-state index contributed by atoms with van der Waals surface area (Å²) in [6.07, 6.45) is 1.37. The largest absolute Gasteiger partial charge is 0.491 e. The second-order valence-corrected chi connectivity index (χ2v) is 6.68. The third kappa shape index (κ3) is 5.81. The van der Waals surface area contributed by atoms with E-state index >= 15 is 0 Å². The first-order chi connectivity index (χ1) is 12.2. The Hall–Kier alpha value is -1.95. The fourth-order valence-electron chi connectivity index (χ4n) is 3.03. The Morgan fingerprint density at radius 1 is 1.04 bits per heavy atom. The van der Waals surface area contributed by atoms with Crippen molar-refractivity contribution >= 4 is 0 Å². The SMILES string of the molecule is Cc1ccc(OCC(O)CN2CCN(Cc3ccccn3)CC2)cc1. The van der Waals surface area contributed by atoms with Crippen molar-refractivity contribution in [1.29, 1.82) is 0 Å². The lowest BCUT2D eigenvalue weighted by Gasteiger charge is -2.35. The van der Waals surface area contributed by atoms with Crippen LogP contribution in [-0.4, -0.2) is 65.3 Å². The van der Waals surface area contributed by atoms with E-state index in [-0.39, 0.29) is 0 Å². The van der Waals surface area contributed by atoms with Gasteiger partial charge in [-0.15, -0.1) is 0 Å². The molecule has 5 heteroatoms. The van der Waals surface area contributed by atoms with E-state index < -0.39 is 6.10 Å². The summed E-state index contributed by atoms with van der Waals surface area (Å²) in [5, 5.41) is 10.2. The fourth-order valence-corrected chi connectivity index (χ4v) is 3.03. The Balaban J connectivity index is 1.36. The number of hydrogen-bond donors (Lipinski definition) is 1. The Kier molecular flexibility index (Phi) is 6.39. The van der Waals surface area contributed by atoms with Gasteiger partial charge in [-0.25, -0.2) is 0 Å². The van der Waals surface area contributed by atoms with Gasteiger partial charge in [0, 0.05) is 45.5 Å². The van der Waals surface area contributed by atoms with E-state index in [9.17, 15) is 5.11 Å². The molecule has 0 spiro atoms. The summed E-state index contributed by atoms with van der Waals surface area (Å²) >= 11 is 0. The predicted octanol–water partition coefficient (Wildman–Crippen LogP) is 1.95. The van der Waals surface area contributed by atoms with Crippen molar-refractivity contribution in [2.45, 2.75) is 19.6 Å². The number of piperazine rings is 1. The molecule has 3 rings (SSSR count). The van der Waals surface area contributed by atoms with Crippen molar-refractivity contribution in [3.05, 3.63) is 59.9 Å². The molecule has 0 amide bonds. The number of β-amino-alcohol motifs (C(OH)–C–C–N with tert-alkyl or cyclic N) is 1. The van der Waals surface area contributed by atoms with Gasteiger partial charge < -0.3 is 9.84 Å². The van der Waals surface area contributed by atoms with Crippen LogP contribution in [0.2, 0.25) is 0 Å². The van der Waals surface area contributed by atoms with Crippen LogP contribution in [0.4, 0.5) is 0 Å². The first-order valence-corrected chi connectivity index (χ1v) is 8.91. The summed E-state index contributed by atoms with van der Waals surface area (Å²) < 4.78 is 5.67. The van der Waals surface area contributed by atoms with E-state index in [1.165, 1.54) is 5.56 Å². The second kappa shape index (κ2) is 8.94. The molecule has 0 radical (unpaired) electrons. The van der Waals surface area contributed by atoms with E-state index in [4.69, 9.17) is 4.74 Å².